The van der Waals surface area contributed by atoms with Crippen molar-refractivity contribution in [2.45, 2.75) is 78.9 Å². The van der Waals surface area contributed by atoms with Gasteiger partial charge in [-0.05, 0) is 62.3 Å². The molecule has 0 amide bonds. The van der Waals surface area contributed by atoms with Crippen molar-refractivity contribution in [2.24, 2.45) is 0 Å². The Kier molecular flexibility index (Phi) is 4.03. The van der Waals surface area contributed by atoms with Gasteiger partial charge in [0.25, 0.3) is 0 Å². The van der Waals surface area contributed by atoms with Gasteiger partial charge >= 0.3 is 9.28 Å². The number of rotatable bonds is 1. The van der Waals surface area contributed by atoms with E-state index in [2.05, 4.69) is 75.8 Å². The first-order valence-corrected chi connectivity index (χ1v) is 8.63. The van der Waals surface area contributed by atoms with Gasteiger partial charge in [-0.1, -0.05) is 0 Å². The van der Waals surface area contributed by atoms with Gasteiger partial charge in [-0.25, -0.2) is 0 Å². The molecule has 1 aliphatic rings. The van der Waals surface area contributed by atoms with Gasteiger partial charge in [0.05, 0.1) is 0 Å². The van der Waals surface area contributed by atoms with E-state index in [4.69, 9.17) is 0 Å². The first-order valence-electron chi connectivity index (χ1n) is 6.34. The third-order valence-corrected chi connectivity index (χ3v) is 9.23. The van der Waals surface area contributed by atoms with Crippen LogP contribution in [0.25, 0.3) is 0 Å². The van der Waals surface area contributed by atoms with Crippen LogP contribution in [0.4, 0.5) is 0 Å². The third kappa shape index (κ3) is 3.89. The van der Waals surface area contributed by atoms with Gasteiger partial charge in [-0.15, -0.1) is 0 Å². The van der Waals surface area contributed by atoms with Gasteiger partial charge in [0.2, 0.25) is 9.84 Å². The number of nitrogens with zero attached hydrogens (tertiary/aromatic N) is 2. The molecular formula is C12H28N3Si2. The van der Waals surface area contributed by atoms with Crippen molar-refractivity contribution in [1.29, 1.82) is 0 Å². The quantitative estimate of drug-likeness (QED) is 0.736. The maximum Gasteiger partial charge on any atom is 0.313 e. The fourth-order valence-electron chi connectivity index (χ4n) is 1.63. The van der Waals surface area contributed by atoms with Crippen molar-refractivity contribution in [3.63, 3.8) is 0 Å². The predicted molar refractivity (Wildman–Crippen MR) is 77.6 cm³/mol. The van der Waals surface area contributed by atoms with Crippen LogP contribution < -0.4 is 4.98 Å². The average Bonchev–Trinajstić information content (AvgIpc) is 1.90. The second-order valence-electron chi connectivity index (χ2n) is 7.81. The first-order chi connectivity index (χ1) is 7.32. The van der Waals surface area contributed by atoms with Crippen LogP contribution in [0.1, 0.15) is 62.3 Å². The van der Waals surface area contributed by atoms with E-state index in [0.717, 1.165) is 9.84 Å². The van der Waals surface area contributed by atoms with E-state index in [0.29, 0.717) is 0 Å². The van der Waals surface area contributed by atoms with Gasteiger partial charge in [0, 0.05) is 16.6 Å². The Morgan fingerprint density at radius 1 is 0.765 bits per heavy atom. The van der Waals surface area contributed by atoms with Gasteiger partial charge in [-0.2, -0.15) is 0 Å². The number of hydrogen-bond acceptors (Lipinski definition) is 3. The second-order valence-corrected chi connectivity index (χ2v) is 11.6. The molecule has 3 nitrogen and oxygen atoms in total. The number of nitrogens with one attached hydrogen (secondary N) is 1. The molecule has 1 N–H and O–H groups in total. The van der Waals surface area contributed by atoms with Crippen LogP contribution in [0, 0.1) is 0 Å². The Morgan fingerprint density at radius 3 is 1.35 bits per heavy atom. The van der Waals surface area contributed by atoms with Crippen molar-refractivity contribution in [1.82, 2.24) is 13.4 Å². The summed E-state index contributed by atoms with van der Waals surface area (Å²) in [5, 5.41) is 0. The summed E-state index contributed by atoms with van der Waals surface area (Å²) in [7, 11) is 0.0534. The van der Waals surface area contributed by atoms with Crippen LogP contribution in [0.15, 0.2) is 0 Å². The van der Waals surface area contributed by atoms with E-state index in [-0.39, 0.29) is 16.6 Å². The molecule has 1 fully saturated rings. The normalized spacial score (nSPS) is 21.7. The van der Waals surface area contributed by atoms with Gasteiger partial charge < -0.3 is 13.4 Å². The number of hydrogen-bond donors (Lipinski definition) is 1. The van der Waals surface area contributed by atoms with Crippen LogP contribution in [0.5, 0.6) is 0 Å². The summed E-state index contributed by atoms with van der Waals surface area (Å²) in [4.78, 5) is 3.83. The van der Waals surface area contributed by atoms with Crippen molar-refractivity contribution < 1.29 is 0 Å². The molecule has 3 radical (unpaired) electrons. The molecule has 0 saturated carbocycles. The Balaban J connectivity index is 2.81. The summed E-state index contributed by atoms with van der Waals surface area (Å²) >= 11 is 0. The lowest BCUT2D eigenvalue weighted by molar-refractivity contribution is 0.219. The summed E-state index contributed by atoms with van der Waals surface area (Å²) in [6.45, 7) is 20.7. The largest absolute Gasteiger partial charge is 0.313 e. The summed E-state index contributed by atoms with van der Waals surface area (Å²) in [6.07, 6.45) is 0. The smallest absolute Gasteiger partial charge is 0.308 e. The fraction of sp³-hybridized carbons (Fsp3) is 1.00. The molecule has 0 bridgehead atoms. The van der Waals surface area contributed by atoms with Crippen LogP contribution in [0.2, 0.25) is 0 Å². The maximum absolute atomic E-state index is 3.83. The molecule has 1 aliphatic heterocycles. The molecule has 0 aromatic carbocycles. The van der Waals surface area contributed by atoms with Gasteiger partial charge in [0.15, 0.2) is 0 Å². The van der Waals surface area contributed by atoms with Crippen molar-refractivity contribution in [3.8, 4) is 0 Å². The molecule has 0 aromatic heterocycles. The van der Waals surface area contributed by atoms with Gasteiger partial charge in [-0.3, -0.25) is 0 Å². The Labute approximate surface area is 112 Å². The Hall–Kier alpha value is 0.314. The van der Waals surface area contributed by atoms with Crippen molar-refractivity contribution >= 4 is 19.1 Å². The molecule has 0 unspecified atom stereocenters. The van der Waals surface area contributed by atoms with E-state index in [1.165, 1.54) is 0 Å². The van der Waals surface area contributed by atoms with E-state index in [1.807, 2.05) is 0 Å². The Morgan fingerprint density at radius 2 is 1.12 bits per heavy atom. The van der Waals surface area contributed by atoms with E-state index >= 15 is 0 Å². The van der Waals surface area contributed by atoms with Crippen LogP contribution in [0.3, 0.4) is 0 Å². The molecule has 0 atom stereocenters. The zero-order valence-corrected chi connectivity index (χ0v) is 14.9. The van der Waals surface area contributed by atoms with Crippen molar-refractivity contribution in [2.75, 3.05) is 0 Å². The lowest BCUT2D eigenvalue weighted by Gasteiger charge is -2.59. The molecule has 17 heavy (non-hydrogen) atoms. The Bertz CT molecular complexity index is 253. The molecule has 5 heteroatoms. The van der Waals surface area contributed by atoms with E-state index in [9.17, 15) is 0 Å². The minimum absolute atomic E-state index is 0.187. The molecule has 0 aliphatic carbocycles. The molecular weight excluding hydrogens is 242 g/mol. The van der Waals surface area contributed by atoms with Crippen molar-refractivity contribution in [3.05, 3.63) is 0 Å². The fourth-order valence-corrected chi connectivity index (χ4v) is 6.43. The molecule has 99 valence electrons. The highest BCUT2D eigenvalue weighted by Gasteiger charge is 2.51. The highest BCUT2D eigenvalue weighted by atomic mass is 28.4. The highest BCUT2D eigenvalue weighted by molar-refractivity contribution is 6.76. The SMILES string of the molecule is CC(C)(C)N[Si]1N(C(C)(C)C)[Si]N1C(C)(C)C. The maximum atomic E-state index is 3.83. The third-order valence-electron chi connectivity index (χ3n) is 2.45. The molecule has 0 aromatic rings. The zero-order valence-electron chi connectivity index (χ0n) is 12.9. The standard InChI is InChI=1S/C12H28N3Si2/c1-10(2,3)13-17-14(11(4,5)6)16-15(17)12(7,8)9/h13H,1-9H3. The van der Waals surface area contributed by atoms with Gasteiger partial charge in [0.1, 0.15) is 0 Å². The van der Waals surface area contributed by atoms with Crippen LogP contribution >= 0.6 is 0 Å². The first kappa shape index (κ1) is 15.4. The molecule has 1 rings (SSSR count). The lowest BCUT2D eigenvalue weighted by atomic mass is 10.1. The van der Waals surface area contributed by atoms with E-state index < -0.39 is 9.28 Å². The summed E-state index contributed by atoms with van der Waals surface area (Å²) in [5.74, 6) is 0. The lowest BCUT2D eigenvalue weighted by Crippen LogP contribution is -2.84. The summed E-state index contributed by atoms with van der Waals surface area (Å²) < 4.78 is 5.29. The second kappa shape index (κ2) is 4.45. The van der Waals surface area contributed by atoms with Crippen LogP contribution in [-0.4, -0.2) is 44.2 Å². The summed E-state index contributed by atoms with van der Waals surface area (Å²) in [5.41, 5.74) is 0.728. The average molecular weight is 271 g/mol. The highest BCUT2D eigenvalue weighted by Crippen LogP contribution is 2.29. The summed E-state index contributed by atoms with van der Waals surface area (Å²) in [6, 6.07) is 0. The topological polar surface area (TPSA) is 18.5 Å². The van der Waals surface area contributed by atoms with Crippen LogP contribution in [-0.2, 0) is 0 Å². The minimum Gasteiger partial charge on any atom is -0.308 e. The molecule has 1 saturated heterocycles. The predicted octanol–water partition coefficient (Wildman–Crippen LogP) is 2.11. The zero-order chi connectivity index (χ0) is 13.6. The molecule has 0 spiro atoms. The monoisotopic (exact) mass is 270 g/mol. The van der Waals surface area contributed by atoms with E-state index in [1.54, 1.807) is 0 Å². The molecule has 1 heterocycles. The minimum atomic E-state index is -0.768.